The van der Waals surface area contributed by atoms with Gasteiger partial charge in [-0.15, -0.1) is 0 Å². The van der Waals surface area contributed by atoms with Gasteiger partial charge in [-0.05, 0) is 30.5 Å². The molecule has 0 aliphatic rings. The molecule has 0 aliphatic carbocycles. The van der Waals surface area contributed by atoms with Crippen molar-refractivity contribution in [1.29, 1.82) is 0 Å². The summed E-state index contributed by atoms with van der Waals surface area (Å²) < 4.78 is 0. The first-order chi connectivity index (χ1) is 6.16. The number of unbranched alkanes of at least 4 members (excludes halogenated alkanes) is 1. The molecule has 0 nitrogen and oxygen atoms in total. The van der Waals surface area contributed by atoms with Crippen molar-refractivity contribution in [2.45, 2.75) is 19.3 Å². The Hall–Kier alpha value is 0.0900. The third-order valence-electron chi connectivity index (χ3n) is 1.82. The molecule has 71 valence electrons. The Labute approximate surface area is 93.8 Å². The largest absolute Gasteiger partial charge is 0.0840 e. The van der Waals surface area contributed by atoms with Gasteiger partial charge in [0.05, 0.1) is 10.0 Å². The van der Waals surface area contributed by atoms with Gasteiger partial charge >= 0.3 is 0 Å². The highest BCUT2D eigenvalue weighted by atomic mass is 35.5. The third-order valence-corrected chi connectivity index (χ3v) is 3.01. The summed E-state index contributed by atoms with van der Waals surface area (Å²) in [4.78, 5) is 0. The van der Waals surface area contributed by atoms with E-state index in [1.165, 1.54) is 0 Å². The molecule has 13 heavy (non-hydrogen) atoms. The summed E-state index contributed by atoms with van der Waals surface area (Å²) in [6.07, 6.45) is 2.68. The highest BCUT2D eigenvalue weighted by molar-refractivity contribution is 6.44. The maximum absolute atomic E-state index is 6.00. The van der Waals surface area contributed by atoms with Crippen molar-refractivity contribution in [1.82, 2.24) is 0 Å². The van der Waals surface area contributed by atoms with Gasteiger partial charge in [0, 0.05) is 5.02 Å². The van der Waals surface area contributed by atoms with Crippen LogP contribution in [0.1, 0.15) is 18.4 Å². The average Bonchev–Trinajstić information content (AvgIpc) is 2.12. The van der Waals surface area contributed by atoms with Crippen molar-refractivity contribution >= 4 is 34.8 Å². The SMILES string of the molecule is [CH2]CCCc1c(Cl)ccc(Cl)c1Cl. The smallest absolute Gasteiger partial charge is 0.0639 e. The second kappa shape index (κ2) is 5.09. The molecule has 0 atom stereocenters. The zero-order valence-corrected chi connectivity index (χ0v) is 9.38. The fourth-order valence-electron chi connectivity index (χ4n) is 1.10. The van der Waals surface area contributed by atoms with Crippen LogP contribution in [0.3, 0.4) is 0 Å². The van der Waals surface area contributed by atoms with Gasteiger partial charge in [-0.2, -0.15) is 0 Å². The van der Waals surface area contributed by atoms with Crippen molar-refractivity contribution < 1.29 is 0 Å². The van der Waals surface area contributed by atoms with Crippen molar-refractivity contribution in [2.24, 2.45) is 0 Å². The van der Waals surface area contributed by atoms with Gasteiger partial charge in [0.2, 0.25) is 0 Å². The molecule has 0 aromatic heterocycles. The standard InChI is InChI=1S/C10H10Cl3/c1-2-3-4-7-8(11)5-6-9(12)10(7)13/h5-6H,1-4H2. The van der Waals surface area contributed by atoms with E-state index in [1.54, 1.807) is 12.1 Å². The normalized spacial score (nSPS) is 10.5. The molecule has 1 radical (unpaired) electrons. The van der Waals surface area contributed by atoms with Gasteiger partial charge in [-0.1, -0.05) is 48.1 Å². The summed E-state index contributed by atoms with van der Waals surface area (Å²) >= 11 is 17.8. The van der Waals surface area contributed by atoms with E-state index in [0.29, 0.717) is 15.1 Å². The minimum atomic E-state index is 0.560. The first-order valence-corrected chi connectivity index (χ1v) is 5.22. The second-order valence-electron chi connectivity index (χ2n) is 2.78. The summed E-state index contributed by atoms with van der Waals surface area (Å²) in [6, 6.07) is 3.48. The molecular weight excluding hydrogens is 226 g/mol. The van der Waals surface area contributed by atoms with Crippen molar-refractivity contribution in [2.75, 3.05) is 0 Å². The lowest BCUT2D eigenvalue weighted by Gasteiger charge is -2.07. The molecule has 0 bridgehead atoms. The first-order valence-electron chi connectivity index (χ1n) is 4.08. The van der Waals surface area contributed by atoms with Gasteiger partial charge in [0.15, 0.2) is 0 Å². The molecule has 1 aromatic rings. The lowest BCUT2D eigenvalue weighted by molar-refractivity contribution is 0.841. The van der Waals surface area contributed by atoms with Crippen LogP contribution in [-0.2, 0) is 6.42 Å². The molecular formula is C10H10Cl3. The molecule has 0 aliphatic heterocycles. The van der Waals surface area contributed by atoms with E-state index in [0.717, 1.165) is 24.8 Å². The first kappa shape index (κ1) is 11.2. The monoisotopic (exact) mass is 235 g/mol. The van der Waals surface area contributed by atoms with Crippen LogP contribution in [-0.4, -0.2) is 0 Å². The molecule has 0 unspecified atom stereocenters. The number of benzene rings is 1. The Balaban J connectivity index is 2.96. The van der Waals surface area contributed by atoms with Crippen molar-refractivity contribution in [3.8, 4) is 0 Å². The van der Waals surface area contributed by atoms with Gasteiger partial charge in [0.1, 0.15) is 0 Å². The Morgan fingerprint density at radius 3 is 2.31 bits per heavy atom. The van der Waals surface area contributed by atoms with Crippen LogP contribution in [0.25, 0.3) is 0 Å². The van der Waals surface area contributed by atoms with Crippen LogP contribution in [0.4, 0.5) is 0 Å². The van der Waals surface area contributed by atoms with Gasteiger partial charge in [-0.3, -0.25) is 0 Å². The summed E-state index contributed by atoms with van der Waals surface area (Å²) in [5.41, 5.74) is 0.930. The van der Waals surface area contributed by atoms with Crippen LogP contribution in [0.15, 0.2) is 12.1 Å². The van der Waals surface area contributed by atoms with Crippen molar-refractivity contribution in [3.05, 3.63) is 39.7 Å². The highest BCUT2D eigenvalue weighted by Gasteiger charge is 2.08. The summed E-state index contributed by atoms with van der Waals surface area (Å²) in [5, 5.41) is 1.82. The Kier molecular flexibility index (Phi) is 4.37. The zero-order chi connectivity index (χ0) is 9.84. The van der Waals surface area contributed by atoms with Crippen LogP contribution in [0.5, 0.6) is 0 Å². The van der Waals surface area contributed by atoms with E-state index in [4.69, 9.17) is 34.8 Å². The van der Waals surface area contributed by atoms with E-state index in [2.05, 4.69) is 6.92 Å². The van der Waals surface area contributed by atoms with Crippen LogP contribution in [0.2, 0.25) is 15.1 Å². The van der Waals surface area contributed by atoms with Crippen LogP contribution in [0, 0.1) is 6.92 Å². The quantitative estimate of drug-likeness (QED) is 0.661. The van der Waals surface area contributed by atoms with Crippen LogP contribution >= 0.6 is 34.8 Å². The highest BCUT2D eigenvalue weighted by Crippen LogP contribution is 2.32. The van der Waals surface area contributed by atoms with Crippen LogP contribution < -0.4 is 0 Å². The lowest BCUT2D eigenvalue weighted by atomic mass is 10.1. The van der Waals surface area contributed by atoms with Gasteiger partial charge in [-0.25, -0.2) is 0 Å². The predicted molar refractivity (Wildman–Crippen MR) is 59.8 cm³/mol. The van der Waals surface area contributed by atoms with Gasteiger partial charge < -0.3 is 0 Å². The molecule has 0 N–H and O–H groups in total. The molecule has 0 amide bonds. The average molecular weight is 237 g/mol. The number of rotatable bonds is 3. The van der Waals surface area contributed by atoms with Crippen molar-refractivity contribution in [3.63, 3.8) is 0 Å². The lowest BCUT2D eigenvalue weighted by Crippen LogP contribution is -1.88. The molecule has 1 aromatic carbocycles. The summed E-state index contributed by atoms with van der Waals surface area (Å²) in [5.74, 6) is 0. The second-order valence-corrected chi connectivity index (χ2v) is 3.97. The topological polar surface area (TPSA) is 0 Å². The minimum absolute atomic E-state index is 0.560. The minimum Gasteiger partial charge on any atom is -0.0840 e. The van der Waals surface area contributed by atoms with E-state index in [1.807, 2.05) is 0 Å². The molecule has 0 heterocycles. The zero-order valence-electron chi connectivity index (χ0n) is 7.12. The molecule has 0 saturated heterocycles. The van der Waals surface area contributed by atoms with E-state index in [-0.39, 0.29) is 0 Å². The summed E-state index contributed by atoms with van der Waals surface area (Å²) in [6.45, 7) is 3.76. The Bertz CT molecular complexity index is 294. The van der Waals surface area contributed by atoms with E-state index >= 15 is 0 Å². The summed E-state index contributed by atoms with van der Waals surface area (Å²) in [7, 11) is 0. The third kappa shape index (κ3) is 2.77. The Morgan fingerprint density at radius 2 is 1.69 bits per heavy atom. The maximum atomic E-state index is 6.00. The number of hydrogen-bond donors (Lipinski definition) is 0. The maximum Gasteiger partial charge on any atom is 0.0639 e. The van der Waals surface area contributed by atoms with E-state index < -0.39 is 0 Å². The predicted octanol–water partition coefficient (Wildman–Crippen LogP) is 4.80. The number of hydrogen-bond acceptors (Lipinski definition) is 0. The molecule has 3 heteroatoms. The fraction of sp³-hybridized carbons (Fsp3) is 0.300. The molecule has 0 saturated carbocycles. The van der Waals surface area contributed by atoms with E-state index in [9.17, 15) is 0 Å². The Morgan fingerprint density at radius 1 is 1.08 bits per heavy atom. The number of halogens is 3. The fourth-order valence-corrected chi connectivity index (χ4v) is 1.84. The molecule has 0 fully saturated rings. The molecule has 1 rings (SSSR count). The van der Waals surface area contributed by atoms with Gasteiger partial charge in [0.25, 0.3) is 0 Å². The molecule has 0 spiro atoms.